The molecule has 0 aromatic carbocycles. The molecule has 0 N–H and O–H groups in total. The van der Waals surface area contributed by atoms with Crippen LogP contribution in [0.4, 0.5) is 0 Å². The van der Waals surface area contributed by atoms with E-state index < -0.39 is 0 Å². The Labute approximate surface area is 130 Å². The first kappa shape index (κ1) is 12.9. The molecule has 2 fully saturated rings. The number of rotatable bonds is 1. The molecule has 4 nitrogen and oxygen atoms in total. The van der Waals surface area contributed by atoms with Gasteiger partial charge in [-0.15, -0.1) is 0 Å². The van der Waals surface area contributed by atoms with E-state index in [1.165, 1.54) is 5.57 Å². The molecule has 2 bridgehead atoms. The Morgan fingerprint density at radius 3 is 3.14 bits per heavy atom. The summed E-state index contributed by atoms with van der Waals surface area (Å²) in [6.45, 7) is 1.04. The quantitative estimate of drug-likeness (QED) is 0.743. The van der Waals surface area contributed by atoms with Crippen LogP contribution in [0.2, 0.25) is 0 Å². The molecular weight excluding hydrogens is 278 g/mol. The third kappa shape index (κ3) is 1.27. The molecule has 0 aromatic heterocycles. The maximum Gasteiger partial charge on any atom is 0.196 e. The van der Waals surface area contributed by atoms with Crippen molar-refractivity contribution in [3.63, 3.8) is 0 Å². The summed E-state index contributed by atoms with van der Waals surface area (Å²) in [5.41, 5.74) is 1.28. The van der Waals surface area contributed by atoms with Crippen molar-refractivity contribution < 1.29 is 14.3 Å². The molecule has 5 aliphatic rings. The van der Waals surface area contributed by atoms with Gasteiger partial charge < -0.3 is 14.4 Å². The fourth-order valence-corrected chi connectivity index (χ4v) is 5.69. The Morgan fingerprint density at radius 2 is 2.32 bits per heavy atom. The van der Waals surface area contributed by atoms with Crippen LogP contribution >= 0.6 is 0 Å². The SMILES string of the molecule is COC1=CCC2C[C@@H]3[C@@H]4C=CC(=O)[C@@H]5OC1=C2[C@@]54CCN3C. The standard InChI is InChI=1S/C18H21NO3/c1-19-8-7-18-11-4-5-13(20)17(18)22-16-14(21-2)6-3-10(15(16)18)9-12(11)19/h4-6,10-12,17H,3,7-9H2,1-2H3/t10?,11-,12+,17-,18-/m0/s1. The maximum absolute atomic E-state index is 12.6. The van der Waals surface area contributed by atoms with Gasteiger partial charge in [-0.2, -0.15) is 0 Å². The van der Waals surface area contributed by atoms with Gasteiger partial charge in [-0.05, 0) is 56.5 Å². The highest BCUT2D eigenvalue weighted by molar-refractivity contribution is 5.97. The van der Waals surface area contributed by atoms with E-state index in [0.717, 1.165) is 37.3 Å². The summed E-state index contributed by atoms with van der Waals surface area (Å²) in [5, 5.41) is 0. The van der Waals surface area contributed by atoms with Gasteiger partial charge in [0.2, 0.25) is 0 Å². The van der Waals surface area contributed by atoms with E-state index in [0.29, 0.717) is 17.9 Å². The highest BCUT2D eigenvalue weighted by Crippen LogP contribution is 2.65. The van der Waals surface area contributed by atoms with Crippen molar-refractivity contribution >= 4 is 5.78 Å². The summed E-state index contributed by atoms with van der Waals surface area (Å²) < 4.78 is 11.8. The maximum atomic E-state index is 12.6. The molecule has 1 unspecified atom stereocenters. The van der Waals surface area contributed by atoms with E-state index in [1.807, 2.05) is 0 Å². The molecule has 2 aliphatic heterocycles. The normalized spacial score (nSPS) is 45.4. The minimum absolute atomic E-state index is 0.112. The zero-order valence-corrected chi connectivity index (χ0v) is 13.0. The number of hydrogen-bond donors (Lipinski definition) is 0. The average Bonchev–Trinajstić information content (AvgIpc) is 2.88. The van der Waals surface area contributed by atoms with E-state index >= 15 is 0 Å². The van der Waals surface area contributed by atoms with Crippen molar-refractivity contribution in [3.8, 4) is 0 Å². The average molecular weight is 299 g/mol. The van der Waals surface area contributed by atoms with Gasteiger partial charge in [-0.1, -0.05) is 6.08 Å². The topological polar surface area (TPSA) is 38.8 Å². The van der Waals surface area contributed by atoms with Gasteiger partial charge in [-0.25, -0.2) is 0 Å². The summed E-state index contributed by atoms with van der Waals surface area (Å²) in [7, 11) is 3.92. The molecule has 5 atom stereocenters. The number of likely N-dealkylation sites (tertiary alicyclic amines) is 1. The molecule has 1 saturated carbocycles. The van der Waals surface area contributed by atoms with Gasteiger partial charge >= 0.3 is 0 Å². The van der Waals surface area contributed by atoms with Crippen molar-refractivity contribution in [2.24, 2.45) is 17.3 Å². The molecular formula is C18H21NO3. The van der Waals surface area contributed by atoms with Gasteiger partial charge in [0.05, 0.1) is 7.11 Å². The molecule has 1 spiro atoms. The minimum atomic E-state index is -0.330. The lowest BCUT2D eigenvalue weighted by molar-refractivity contribution is -0.135. The molecule has 0 amide bonds. The van der Waals surface area contributed by atoms with Crippen LogP contribution < -0.4 is 0 Å². The second-order valence-electron chi connectivity index (χ2n) is 7.31. The molecule has 22 heavy (non-hydrogen) atoms. The second kappa shape index (κ2) is 4.05. The van der Waals surface area contributed by atoms with E-state index in [4.69, 9.17) is 9.47 Å². The number of methoxy groups -OCH3 is 1. The van der Waals surface area contributed by atoms with Crippen LogP contribution in [0, 0.1) is 17.3 Å². The van der Waals surface area contributed by atoms with Gasteiger partial charge in [0.15, 0.2) is 23.4 Å². The largest absolute Gasteiger partial charge is 0.493 e. The third-order valence-electron chi connectivity index (χ3n) is 6.60. The molecule has 0 aromatic rings. The van der Waals surface area contributed by atoms with Crippen LogP contribution in [-0.2, 0) is 14.3 Å². The molecule has 4 heteroatoms. The third-order valence-corrected chi connectivity index (χ3v) is 6.60. The second-order valence-corrected chi connectivity index (χ2v) is 7.31. The Balaban J connectivity index is 1.75. The summed E-state index contributed by atoms with van der Waals surface area (Å²) >= 11 is 0. The lowest BCUT2D eigenvalue weighted by Crippen LogP contribution is -2.62. The molecule has 2 heterocycles. The summed E-state index contributed by atoms with van der Waals surface area (Å²) in [6, 6.07) is 0.523. The predicted octanol–water partition coefficient (Wildman–Crippen LogP) is 2.04. The van der Waals surface area contributed by atoms with Crippen LogP contribution in [0.15, 0.2) is 35.3 Å². The number of allylic oxidation sites excluding steroid dienone is 1. The van der Waals surface area contributed by atoms with E-state index in [9.17, 15) is 4.79 Å². The Bertz CT molecular complexity index is 661. The lowest BCUT2D eigenvalue weighted by atomic mass is 9.50. The van der Waals surface area contributed by atoms with Crippen molar-refractivity contribution in [1.29, 1.82) is 0 Å². The molecule has 1 saturated heterocycles. The first-order chi connectivity index (χ1) is 10.7. The van der Waals surface area contributed by atoms with E-state index in [2.05, 4.69) is 24.1 Å². The number of carbonyl (C=O) groups excluding carboxylic acids is 1. The summed E-state index contributed by atoms with van der Waals surface area (Å²) in [5.74, 6) is 2.74. The van der Waals surface area contributed by atoms with Gasteiger partial charge in [-0.3, -0.25) is 4.79 Å². The Hall–Kier alpha value is -1.55. The Kier molecular flexibility index (Phi) is 2.38. The number of ketones is 1. The van der Waals surface area contributed by atoms with Gasteiger partial charge in [0, 0.05) is 17.4 Å². The highest BCUT2D eigenvalue weighted by Gasteiger charge is 2.66. The van der Waals surface area contributed by atoms with Crippen molar-refractivity contribution in [2.75, 3.05) is 20.7 Å². The fraction of sp³-hybridized carbons (Fsp3) is 0.611. The molecule has 0 radical (unpaired) electrons. The minimum Gasteiger partial charge on any atom is -0.493 e. The zero-order valence-electron chi connectivity index (χ0n) is 13.0. The number of nitrogens with zero attached hydrogens (tertiary/aromatic N) is 1. The first-order valence-corrected chi connectivity index (χ1v) is 8.25. The zero-order chi connectivity index (χ0) is 15.1. The van der Waals surface area contributed by atoms with Crippen molar-refractivity contribution in [3.05, 3.63) is 35.3 Å². The van der Waals surface area contributed by atoms with Crippen molar-refractivity contribution in [1.82, 2.24) is 4.90 Å². The number of piperidine rings is 1. The van der Waals surface area contributed by atoms with Crippen LogP contribution in [-0.4, -0.2) is 43.5 Å². The molecule has 5 rings (SSSR count). The monoisotopic (exact) mass is 299 g/mol. The summed E-state index contributed by atoms with van der Waals surface area (Å²) in [6.07, 6.45) is 8.92. The van der Waals surface area contributed by atoms with Crippen LogP contribution in [0.25, 0.3) is 0 Å². The number of ether oxygens (including phenoxy) is 2. The smallest absolute Gasteiger partial charge is 0.196 e. The lowest BCUT2D eigenvalue weighted by Gasteiger charge is -2.58. The van der Waals surface area contributed by atoms with Crippen LogP contribution in [0.3, 0.4) is 0 Å². The highest BCUT2D eigenvalue weighted by atomic mass is 16.5. The Morgan fingerprint density at radius 1 is 1.45 bits per heavy atom. The fourth-order valence-electron chi connectivity index (χ4n) is 5.69. The van der Waals surface area contributed by atoms with Crippen LogP contribution in [0.5, 0.6) is 0 Å². The summed E-state index contributed by atoms with van der Waals surface area (Å²) in [4.78, 5) is 15.0. The number of carbonyl (C=O) groups is 1. The van der Waals surface area contributed by atoms with E-state index in [1.54, 1.807) is 13.2 Å². The predicted molar refractivity (Wildman–Crippen MR) is 80.8 cm³/mol. The van der Waals surface area contributed by atoms with Gasteiger partial charge in [0.1, 0.15) is 0 Å². The van der Waals surface area contributed by atoms with Crippen molar-refractivity contribution in [2.45, 2.75) is 31.4 Å². The number of hydrogen-bond acceptors (Lipinski definition) is 4. The first-order valence-electron chi connectivity index (χ1n) is 8.25. The van der Waals surface area contributed by atoms with Crippen LogP contribution in [0.1, 0.15) is 19.3 Å². The molecule has 116 valence electrons. The van der Waals surface area contributed by atoms with E-state index in [-0.39, 0.29) is 17.3 Å². The molecule has 3 aliphatic carbocycles. The van der Waals surface area contributed by atoms with Gasteiger partial charge in [0.25, 0.3) is 0 Å².